The highest BCUT2D eigenvalue weighted by molar-refractivity contribution is 6.42. The van der Waals surface area contributed by atoms with Gasteiger partial charge >= 0.3 is 0 Å². The topological polar surface area (TPSA) is 50.4 Å². The van der Waals surface area contributed by atoms with Crippen molar-refractivity contribution in [2.75, 3.05) is 26.2 Å². The maximum atomic E-state index is 11.8. The molecule has 19 heavy (non-hydrogen) atoms. The second kappa shape index (κ2) is 7.10. The van der Waals surface area contributed by atoms with Gasteiger partial charge in [-0.2, -0.15) is 0 Å². The van der Waals surface area contributed by atoms with E-state index in [9.17, 15) is 4.79 Å². The Morgan fingerprint density at radius 1 is 1.47 bits per heavy atom. The average Bonchev–Trinajstić information content (AvgIpc) is 2.44. The number of nitrogens with one attached hydrogen (secondary N) is 2. The van der Waals surface area contributed by atoms with Gasteiger partial charge in [0.25, 0.3) is 0 Å². The summed E-state index contributed by atoms with van der Waals surface area (Å²) in [6, 6.07) is 5.49. The van der Waals surface area contributed by atoms with E-state index in [0.717, 1.165) is 12.1 Å². The molecule has 104 valence electrons. The van der Waals surface area contributed by atoms with Crippen molar-refractivity contribution in [1.82, 2.24) is 10.6 Å². The van der Waals surface area contributed by atoms with Gasteiger partial charge in [0.15, 0.2) is 0 Å². The highest BCUT2D eigenvalue weighted by atomic mass is 35.5. The third-order valence-corrected chi connectivity index (χ3v) is 3.80. The van der Waals surface area contributed by atoms with Crippen LogP contribution in [0.1, 0.15) is 5.56 Å². The summed E-state index contributed by atoms with van der Waals surface area (Å²) in [6.07, 6.45) is 0.245. The van der Waals surface area contributed by atoms with Gasteiger partial charge in [-0.1, -0.05) is 35.3 Å². The summed E-state index contributed by atoms with van der Waals surface area (Å²) in [6.45, 7) is 2.43. The van der Waals surface area contributed by atoms with Gasteiger partial charge in [0.05, 0.1) is 16.7 Å². The maximum absolute atomic E-state index is 11.8. The van der Waals surface area contributed by atoms with E-state index in [1.807, 2.05) is 12.1 Å². The Morgan fingerprint density at radius 3 is 3.05 bits per heavy atom. The van der Waals surface area contributed by atoms with Crippen molar-refractivity contribution >= 4 is 29.1 Å². The van der Waals surface area contributed by atoms with Crippen LogP contribution in [0.4, 0.5) is 0 Å². The normalized spacial score (nSPS) is 19.2. The molecule has 1 aromatic rings. The Hall–Kier alpha value is -0.810. The molecule has 1 atom stereocenters. The third kappa shape index (κ3) is 4.08. The van der Waals surface area contributed by atoms with Gasteiger partial charge in [0, 0.05) is 19.6 Å². The highest BCUT2D eigenvalue weighted by Gasteiger charge is 2.21. The van der Waals surface area contributed by atoms with Crippen LogP contribution in [-0.2, 0) is 16.0 Å². The number of carbonyl (C=O) groups is 1. The molecule has 1 amide bonds. The Bertz CT molecular complexity index is 448. The van der Waals surface area contributed by atoms with E-state index in [2.05, 4.69) is 10.6 Å². The number of hydrogen-bond acceptors (Lipinski definition) is 3. The van der Waals surface area contributed by atoms with Crippen LogP contribution in [0.5, 0.6) is 0 Å². The van der Waals surface area contributed by atoms with E-state index >= 15 is 0 Å². The van der Waals surface area contributed by atoms with Gasteiger partial charge in [-0.15, -0.1) is 0 Å². The number of amides is 1. The first-order valence-electron chi connectivity index (χ1n) is 6.21. The first-order valence-corrected chi connectivity index (χ1v) is 6.97. The molecule has 0 radical (unpaired) electrons. The lowest BCUT2D eigenvalue weighted by Gasteiger charge is -2.22. The smallest absolute Gasteiger partial charge is 0.250 e. The maximum Gasteiger partial charge on any atom is 0.250 e. The van der Waals surface area contributed by atoms with E-state index in [4.69, 9.17) is 27.9 Å². The van der Waals surface area contributed by atoms with Gasteiger partial charge in [0.1, 0.15) is 6.10 Å². The minimum absolute atomic E-state index is 0.0923. The first kappa shape index (κ1) is 14.6. The molecule has 1 unspecified atom stereocenters. The summed E-state index contributed by atoms with van der Waals surface area (Å²) in [5, 5.41) is 7.04. The molecule has 1 aromatic carbocycles. The Kier molecular flexibility index (Phi) is 5.45. The zero-order chi connectivity index (χ0) is 13.7. The SMILES string of the molecule is O=C(NCCc1cccc(Cl)c1Cl)C1CNCCO1. The molecule has 0 spiro atoms. The number of ether oxygens (including phenoxy) is 1. The summed E-state index contributed by atoms with van der Waals surface area (Å²) in [5.74, 6) is -0.0923. The number of hydrogen-bond donors (Lipinski definition) is 2. The fraction of sp³-hybridized carbons (Fsp3) is 0.462. The van der Waals surface area contributed by atoms with E-state index in [1.165, 1.54) is 0 Å². The third-order valence-electron chi connectivity index (χ3n) is 2.95. The van der Waals surface area contributed by atoms with Gasteiger partial charge < -0.3 is 15.4 Å². The predicted octanol–water partition coefficient (Wildman–Crippen LogP) is 1.64. The highest BCUT2D eigenvalue weighted by Crippen LogP contribution is 2.25. The molecule has 1 aliphatic heterocycles. The van der Waals surface area contributed by atoms with Crippen molar-refractivity contribution < 1.29 is 9.53 Å². The van der Waals surface area contributed by atoms with Crippen molar-refractivity contribution in [2.45, 2.75) is 12.5 Å². The molecule has 2 rings (SSSR count). The second-order valence-corrected chi connectivity index (χ2v) is 5.10. The van der Waals surface area contributed by atoms with E-state index in [-0.39, 0.29) is 5.91 Å². The summed E-state index contributed by atoms with van der Waals surface area (Å²) in [4.78, 5) is 11.8. The summed E-state index contributed by atoms with van der Waals surface area (Å²) < 4.78 is 5.36. The van der Waals surface area contributed by atoms with Gasteiger partial charge in [-0.25, -0.2) is 0 Å². The van der Waals surface area contributed by atoms with Crippen LogP contribution in [0.25, 0.3) is 0 Å². The molecule has 1 heterocycles. The summed E-state index contributed by atoms with van der Waals surface area (Å²) >= 11 is 12.0. The van der Waals surface area contributed by atoms with E-state index in [0.29, 0.717) is 36.2 Å². The molecule has 1 fully saturated rings. The van der Waals surface area contributed by atoms with E-state index in [1.54, 1.807) is 6.07 Å². The van der Waals surface area contributed by atoms with Crippen LogP contribution in [-0.4, -0.2) is 38.3 Å². The minimum atomic E-state index is -0.399. The van der Waals surface area contributed by atoms with Crippen LogP contribution in [0.15, 0.2) is 18.2 Å². The molecular formula is C13H16Cl2N2O2. The average molecular weight is 303 g/mol. The summed E-state index contributed by atoms with van der Waals surface area (Å²) in [5.41, 5.74) is 0.928. The largest absolute Gasteiger partial charge is 0.366 e. The zero-order valence-electron chi connectivity index (χ0n) is 10.4. The molecule has 0 bridgehead atoms. The zero-order valence-corrected chi connectivity index (χ0v) is 11.9. The van der Waals surface area contributed by atoms with Gasteiger partial charge in [0.2, 0.25) is 5.91 Å². The van der Waals surface area contributed by atoms with Crippen molar-refractivity contribution in [3.8, 4) is 0 Å². The van der Waals surface area contributed by atoms with Crippen LogP contribution in [0, 0.1) is 0 Å². The Balaban J connectivity index is 1.79. The quantitative estimate of drug-likeness (QED) is 0.889. The molecule has 2 N–H and O–H groups in total. The molecule has 1 aliphatic rings. The Labute approximate surface area is 122 Å². The molecular weight excluding hydrogens is 287 g/mol. The number of halogens is 2. The van der Waals surface area contributed by atoms with E-state index < -0.39 is 6.10 Å². The lowest BCUT2D eigenvalue weighted by atomic mass is 10.1. The standard InChI is InChI=1S/C13H16Cl2N2O2/c14-10-3-1-2-9(12(10)15)4-5-17-13(18)11-8-16-6-7-19-11/h1-3,11,16H,4-8H2,(H,17,18). The number of morpholine rings is 1. The van der Waals surface area contributed by atoms with Crippen LogP contribution in [0.2, 0.25) is 10.0 Å². The molecule has 4 nitrogen and oxygen atoms in total. The Morgan fingerprint density at radius 2 is 2.32 bits per heavy atom. The number of benzene rings is 1. The van der Waals surface area contributed by atoms with Crippen LogP contribution >= 0.6 is 23.2 Å². The monoisotopic (exact) mass is 302 g/mol. The fourth-order valence-electron chi connectivity index (χ4n) is 1.91. The molecule has 0 aliphatic carbocycles. The second-order valence-electron chi connectivity index (χ2n) is 4.32. The first-order chi connectivity index (χ1) is 9.18. The molecule has 0 aromatic heterocycles. The van der Waals surface area contributed by atoms with Crippen LogP contribution < -0.4 is 10.6 Å². The van der Waals surface area contributed by atoms with Crippen LogP contribution in [0.3, 0.4) is 0 Å². The van der Waals surface area contributed by atoms with Crippen molar-refractivity contribution in [3.05, 3.63) is 33.8 Å². The summed E-state index contributed by atoms with van der Waals surface area (Å²) in [7, 11) is 0. The molecule has 1 saturated heterocycles. The predicted molar refractivity (Wildman–Crippen MR) is 75.8 cm³/mol. The lowest BCUT2D eigenvalue weighted by Crippen LogP contribution is -2.48. The minimum Gasteiger partial charge on any atom is -0.366 e. The van der Waals surface area contributed by atoms with Crippen molar-refractivity contribution in [2.24, 2.45) is 0 Å². The number of carbonyl (C=O) groups excluding carboxylic acids is 1. The lowest BCUT2D eigenvalue weighted by molar-refractivity contribution is -0.134. The molecule has 6 heteroatoms. The van der Waals surface area contributed by atoms with Crippen molar-refractivity contribution in [3.63, 3.8) is 0 Å². The van der Waals surface area contributed by atoms with Crippen molar-refractivity contribution in [1.29, 1.82) is 0 Å². The molecule has 0 saturated carbocycles. The fourth-order valence-corrected chi connectivity index (χ4v) is 2.32. The van der Waals surface area contributed by atoms with Gasteiger partial charge in [-0.3, -0.25) is 4.79 Å². The number of rotatable bonds is 4. The van der Waals surface area contributed by atoms with Gasteiger partial charge in [-0.05, 0) is 18.1 Å².